The molecule has 0 saturated carbocycles. The Balaban J connectivity index is 2.73. The molecule has 0 N–H and O–H groups in total. The molecule has 0 bridgehead atoms. The fourth-order valence-corrected chi connectivity index (χ4v) is 3.35. The van der Waals surface area contributed by atoms with Gasteiger partial charge in [-0.1, -0.05) is 20.8 Å². The van der Waals surface area contributed by atoms with Crippen molar-refractivity contribution in [2.24, 2.45) is 5.41 Å². The van der Waals surface area contributed by atoms with Gasteiger partial charge in [-0.15, -0.1) is 0 Å². The lowest BCUT2D eigenvalue weighted by molar-refractivity contribution is -0.168. The van der Waals surface area contributed by atoms with Crippen LogP contribution in [0, 0.1) is 12.3 Å². The molecular formula is C17H22O6. The highest BCUT2D eigenvalue weighted by Crippen LogP contribution is 2.43. The van der Waals surface area contributed by atoms with E-state index in [0.29, 0.717) is 22.5 Å². The van der Waals surface area contributed by atoms with Gasteiger partial charge < -0.3 is 13.9 Å². The summed E-state index contributed by atoms with van der Waals surface area (Å²) in [7, 11) is 2.47. The molecular weight excluding hydrogens is 300 g/mol. The van der Waals surface area contributed by atoms with E-state index in [0.717, 1.165) is 0 Å². The van der Waals surface area contributed by atoms with Crippen LogP contribution in [-0.2, 0) is 37.3 Å². The summed E-state index contributed by atoms with van der Waals surface area (Å²) in [6.07, 6.45) is 0.196. The molecule has 1 aliphatic rings. The number of hydrogen-bond acceptors (Lipinski definition) is 6. The molecule has 0 atom stereocenters. The van der Waals surface area contributed by atoms with Crippen molar-refractivity contribution < 1.29 is 23.5 Å². The Morgan fingerprint density at radius 2 is 1.52 bits per heavy atom. The van der Waals surface area contributed by atoms with E-state index in [9.17, 15) is 14.4 Å². The molecule has 6 nitrogen and oxygen atoms in total. The number of esters is 2. The highest BCUT2D eigenvalue weighted by Gasteiger charge is 2.54. The minimum absolute atomic E-state index is 0.0841. The summed E-state index contributed by atoms with van der Waals surface area (Å²) in [5.74, 6) is -0.896. The molecule has 1 aliphatic carbocycles. The molecule has 0 amide bonds. The molecule has 0 aliphatic heterocycles. The van der Waals surface area contributed by atoms with Crippen LogP contribution in [0.1, 0.15) is 43.2 Å². The summed E-state index contributed by atoms with van der Waals surface area (Å²) >= 11 is 0. The molecule has 0 fully saturated rings. The molecule has 0 radical (unpaired) electrons. The van der Waals surface area contributed by atoms with Crippen molar-refractivity contribution in [3.05, 3.63) is 32.9 Å². The van der Waals surface area contributed by atoms with E-state index in [1.165, 1.54) is 14.2 Å². The van der Waals surface area contributed by atoms with Gasteiger partial charge in [0.1, 0.15) is 5.76 Å². The van der Waals surface area contributed by atoms with E-state index in [2.05, 4.69) is 0 Å². The van der Waals surface area contributed by atoms with Crippen LogP contribution >= 0.6 is 0 Å². The van der Waals surface area contributed by atoms with Gasteiger partial charge in [-0.05, 0) is 23.5 Å². The predicted octanol–water partition coefficient (Wildman–Crippen LogP) is 1.68. The highest BCUT2D eigenvalue weighted by atomic mass is 16.5. The lowest BCUT2D eigenvalue weighted by atomic mass is 9.81. The molecule has 1 aromatic rings. The smallest absolute Gasteiger partial charge is 0.339 e. The third-order valence-corrected chi connectivity index (χ3v) is 4.40. The summed E-state index contributed by atoms with van der Waals surface area (Å²) in [6.45, 7) is 7.35. The topological polar surface area (TPSA) is 82.8 Å². The fraction of sp³-hybridized carbons (Fsp3) is 0.588. The Morgan fingerprint density at radius 1 is 1.04 bits per heavy atom. The van der Waals surface area contributed by atoms with Crippen LogP contribution in [0.3, 0.4) is 0 Å². The van der Waals surface area contributed by atoms with E-state index in [-0.39, 0.29) is 12.8 Å². The molecule has 1 aromatic heterocycles. The second-order valence-corrected chi connectivity index (χ2v) is 6.95. The van der Waals surface area contributed by atoms with E-state index in [1.54, 1.807) is 6.92 Å². The van der Waals surface area contributed by atoms with E-state index < -0.39 is 28.4 Å². The SMILES string of the molecule is COC(=O)C1(C(=O)OC)Cc2c(C)oc(=O)c(C(C)(C)C)c2C1. The second kappa shape index (κ2) is 5.51. The zero-order chi connectivity index (χ0) is 17.6. The third kappa shape index (κ3) is 2.56. The maximum atomic E-state index is 12.3. The van der Waals surface area contributed by atoms with Gasteiger partial charge >= 0.3 is 17.6 Å². The highest BCUT2D eigenvalue weighted by molar-refractivity contribution is 6.01. The number of ether oxygens (including phenoxy) is 2. The van der Waals surface area contributed by atoms with E-state index in [1.807, 2.05) is 20.8 Å². The summed E-state index contributed by atoms with van der Waals surface area (Å²) in [5, 5.41) is 0. The molecule has 0 saturated heterocycles. The van der Waals surface area contributed by atoms with Crippen LogP contribution in [-0.4, -0.2) is 26.2 Å². The van der Waals surface area contributed by atoms with Crippen molar-refractivity contribution in [2.45, 2.75) is 46.0 Å². The predicted molar refractivity (Wildman–Crippen MR) is 82.3 cm³/mol. The number of fused-ring (bicyclic) bond motifs is 1. The monoisotopic (exact) mass is 322 g/mol. The molecule has 0 spiro atoms. The maximum Gasteiger partial charge on any atom is 0.339 e. The van der Waals surface area contributed by atoms with Crippen molar-refractivity contribution in [3.63, 3.8) is 0 Å². The minimum atomic E-state index is -1.46. The standard InChI is InChI=1S/C17H22O6/c1-9-10-7-17(14(19)21-5,15(20)22-6)8-11(10)12(13(18)23-9)16(2,3)4/h7-8H2,1-6H3. The molecule has 6 heteroatoms. The van der Waals surface area contributed by atoms with Gasteiger partial charge in [-0.2, -0.15) is 0 Å². The van der Waals surface area contributed by atoms with E-state index >= 15 is 0 Å². The summed E-state index contributed by atoms with van der Waals surface area (Å²) < 4.78 is 15.0. The number of aryl methyl sites for hydroxylation is 1. The zero-order valence-corrected chi connectivity index (χ0v) is 14.4. The van der Waals surface area contributed by atoms with Crippen LogP contribution in [0.4, 0.5) is 0 Å². The van der Waals surface area contributed by atoms with Crippen molar-refractivity contribution in [1.82, 2.24) is 0 Å². The normalized spacial score (nSPS) is 15.9. The third-order valence-electron chi connectivity index (χ3n) is 4.40. The molecule has 2 rings (SSSR count). The molecule has 1 heterocycles. The first kappa shape index (κ1) is 17.2. The van der Waals surface area contributed by atoms with Crippen molar-refractivity contribution in [2.75, 3.05) is 14.2 Å². The van der Waals surface area contributed by atoms with Crippen LogP contribution in [0.25, 0.3) is 0 Å². The lowest BCUT2D eigenvalue weighted by Crippen LogP contribution is -2.42. The first-order valence-electron chi connectivity index (χ1n) is 7.41. The molecule has 0 unspecified atom stereocenters. The fourth-order valence-electron chi connectivity index (χ4n) is 3.35. The van der Waals surface area contributed by atoms with Gasteiger partial charge in [0.15, 0.2) is 5.41 Å². The van der Waals surface area contributed by atoms with Gasteiger partial charge in [0.05, 0.1) is 14.2 Å². The van der Waals surface area contributed by atoms with E-state index in [4.69, 9.17) is 13.9 Å². The zero-order valence-electron chi connectivity index (χ0n) is 14.4. The quantitative estimate of drug-likeness (QED) is 0.608. The Morgan fingerprint density at radius 3 is 1.96 bits per heavy atom. The largest absolute Gasteiger partial charge is 0.468 e. The van der Waals surface area contributed by atoms with Gasteiger partial charge in [-0.3, -0.25) is 9.59 Å². The van der Waals surface area contributed by atoms with Crippen LogP contribution in [0.2, 0.25) is 0 Å². The number of methoxy groups -OCH3 is 2. The Labute approximate surface area is 134 Å². The number of carbonyl (C=O) groups excluding carboxylic acids is 2. The molecule has 0 aromatic carbocycles. The lowest BCUT2D eigenvalue weighted by Gasteiger charge is -2.23. The molecule has 23 heavy (non-hydrogen) atoms. The van der Waals surface area contributed by atoms with Gasteiger partial charge in [0.25, 0.3) is 0 Å². The number of hydrogen-bond donors (Lipinski definition) is 0. The van der Waals surface area contributed by atoms with Crippen LogP contribution in [0.15, 0.2) is 9.21 Å². The Hall–Kier alpha value is -2.11. The molecule has 126 valence electrons. The maximum absolute atomic E-state index is 12.3. The van der Waals surface area contributed by atoms with Crippen molar-refractivity contribution in [1.29, 1.82) is 0 Å². The summed E-state index contributed by atoms with van der Waals surface area (Å²) in [4.78, 5) is 37.0. The second-order valence-electron chi connectivity index (χ2n) is 6.95. The Bertz CT molecular complexity index is 704. The van der Waals surface area contributed by atoms with Gasteiger partial charge in [-0.25, -0.2) is 4.79 Å². The average Bonchev–Trinajstić information content (AvgIpc) is 2.85. The first-order chi connectivity index (χ1) is 10.6. The van der Waals surface area contributed by atoms with Gasteiger partial charge in [0.2, 0.25) is 0 Å². The Kier molecular flexibility index (Phi) is 4.13. The number of carbonyl (C=O) groups is 2. The van der Waals surface area contributed by atoms with Crippen molar-refractivity contribution >= 4 is 11.9 Å². The van der Waals surface area contributed by atoms with Crippen molar-refractivity contribution in [3.8, 4) is 0 Å². The first-order valence-corrected chi connectivity index (χ1v) is 7.41. The van der Waals surface area contributed by atoms with Gasteiger partial charge in [0, 0.05) is 18.4 Å². The van der Waals surface area contributed by atoms with Crippen LogP contribution < -0.4 is 5.63 Å². The summed E-state index contributed by atoms with van der Waals surface area (Å²) in [6, 6.07) is 0. The summed E-state index contributed by atoms with van der Waals surface area (Å²) in [5.41, 5.74) is -0.458. The minimum Gasteiger partial charge on any atom is -0.468 e. The number of rotatable bonds is 2. The average molecular weight is 322 g/mol. The van der Waals surface area contributed by atoms with Crippen LogP contribution in [0.5, 0.6) is 0 Å².